The second-order valence-electron chi connectivity index (χ2n) is 6.43. The molecule has 2 saturated heterocycles. The second kappa shape index (κ2) is 6.64. The molecule has 3 heterocycles. The number of benzene rings is 1. The average Bonchev–Trinajstić information content (AvgIpc) is 3.20. The second-order valence-corrected chi connectivity index (χ2v) is 8.20. The number of hydrogen-bond acceptors (Lipinski definition) is 3. The lowest BCUT2D eigenvalue weighted by molar-refractivity contribution is 0.160. The number of fused-ring (bicyclic) bond motifs is 2. The van der Waals surface area contributed by atoms with Gasteiger partial charge in [0.05, 0.1) is 11.6 Å². The van der Waals surface area contributed by atoms with E-state index in [0.717, 1.165) is 0 Å². The van der Waals surface area contributed by atoms with E-state index >= 15 is 0 Å². The molecule has 1 aromatic carbocycles. The lowest BCUT2D eigenvalue weighted by Gasteiger charge is -2.37. The molecule has 2 aliphatic rings. The van der Waals surface area contributed by atoms with Crippen LogP contribution in [0.25, 0.3) is 0 Å². The predicted octanol–water partition coefficient (Wildman–Crippen LogP) is 5.36. The van der Waals surface area contributed by atoms with Gasteiger partial charge in [-0.15, -0.1) is 11.3 Å². The van der Waals surface area contributed by atoms with E-state index in [4.69, 9.17) is 27.9 Å². The average molecular weight is 368 g/mol. The highest BCUT2D eigenvalue weighted by Gasteiger charge is 2.42. The molecular formula is C18H19Cl2NOS. The maximum Gasteiger partial charge on any atom is 0.139 e. The molecule has 0 saturated carbocycles. The van der Waals surface area contributed by atoms with Gasteiger partial charge in [-0.25, -0.2) is 0 Å². The van der Waals surface area contributed by atoms with E-state index in [1.165, 1.54) is 24.1 Å². The maximum atomic E-state index is 6.25. The summed E-state index contributed by atoms with van der Waals surface area (Å²) < 4.78 is 6.08. The Balaban J connectivity index is 1.54. The van der Waals surface area contributed by atoms with Crippen molar-refractivity contribution in [3.63, 3.8) is 0 Å². The van der Waals surface area contributed by atoms with Crippen molar-refractivity contribution in [3.05, 3.63) is 50.6 Å². The third-order valence-electron chi connectivity index (χ3n) is 5.10. The van der Waals surface area contributed by atoms with Crippen LogP contribution < -0.4 is 10.1 Å². The molecular weight excluding hydrogens is 349 g/mol. The molecule has 0 spiro atoms. The van der Waals surface area contributed by atoms with Crippen molar-refractivity contribution >= 4 is 34.5 Å². The molecule has 23 heavy (non-hydrogen) atoms. The molecule has 2 nitrogen and oxygen atoms in total. The fourth-order valence-electron chi connectivity index (χ4n) is 3.98. The molecule has 2 fully saturated rings. The van der Waals surface area contributed by atoms with Gasteiger partial charge in [-0.1, -0.05) is 35.3 Å². The Bertz CT molecular complexity index is 676. The number of rotatable bonds is 4. The molecule has 2 aromatic rings. The van der Waals surface area contributed by atoms with Gasteiger partial charge in [0, 0.05) is 28.8 Å². The fraction of sp³-hybridized carbons (Fsp3) is 0.444. The Morgan fingerprint density at radius 2 is 2.09 bits per heavy atom. The van der Waals surface area contributed by atoms with E-state index in [2.05, 4.69) is 22.8 Å². The quantitative estimate of drug-likeness (QED) is 0.785. The number of hydrogen-bond donors (Lipinski definition) is 1. The smallest absolute Gasteiger partial charge is 0.139 e. The van der Waals surface area contributed by atoms with E-state index in [1.54, 1.807) is 6.07 Å². The number of ether oxygens (including phenoxy) is 1. The zero-order valence-corrected chi connectivity index (χ0v) is 15.0. The van der Waals surface area contributed by atoms with Crippen molar-refractivity contribution in [2.24, 2.45) is 5.92 Å². The van der Waals surface area contributed by atoms with Crippen LogP contribution in [-0.2, 0) is 0 Å². The molecule has 0 radical (unpaired) electrons. The third-order valence-corrected chi connectivity index (χ3v) is 6.91. The number of piperidine rings is 1. The zero-order valence-electron chi connectivity index (χ0n) is 12.7. The molecule has 4 rings (SSSR count). The van der Waals surface area contributed by atoms with Crippen LogP contribution in [0.15, 0.2) is 35.7 Å². The fourth-order valence-corrected chi connectivity index (χ4v) is 5.24. The van der Waals surface area contributed by atoms with Crippen LogP contribution in [0.3, 0.4) is 0 Å². The Morgan fingerprint density at radius 1 is 1.17 bits per heavy atom. The number of thiophene rings is 1. The van der Waals surface area contributed by atoms with Gasteiger partial charge in [-0.3, -0.25) is 0 Å². The Kier molecular flexibility index (Phi) is 4.55. The first-order chi connectivity index (χ1) is 11.2. The number of nitrogens with one attached hydrogen (secondary N) is 1. The Labute approximate surface area is 150 Å². The van der Waals surface area contributed by atoms with Gasteiger partial charge < -0.3 is 10.1 Å². The molecule has 4 atom stereocenters. The van der Waals surface area contributed by atoms with Crippen LogP contribution >= 0.6 is 34.5 Å². The van der Waals surface area contributed by atoms with Crippen molar-refractivity contribution in [2.75, 3.05) is 6.61 Å². The minimum Gasteiger partial charge on any atom is -0.492 e. The molecule has 1 aromatic heterocycles. The van der Waals surface area contributed by atoms with Crippen molar-refractivity contribution in [1.82, 2.24) is 5.32 Å². The first-order valence-electron chi connectivity index (χ1n) is 8.08. The molecule has 122 valence electrons. The first kappa shape index (κ1) is 15.8. The normalized spacial score (nSPS) is 29.7. The highest BCUT2D eigenvalue weighted by Crippen LogP contribution is 2.43. The first-order valence-corrected chi connectivity index (χ1v) is 9.72. The highest BCUT2D eigenvalue weighted by atomic mass is 35.5. The van der Waals surface area contributed by atoms with E-state index in [9.17, 15) is 0 Å². The van der Waals surface area contributed by atoms with Crippen molar-refractivity contribution in [3.8, 4) is 5.75 Å². The molecule has 2 bridgehead atoms. The minimum atomic E-state index is 0.474. The maximum absolute atomic E-state index is 6.25. The van der Waals surface area contributed by atoms with Gasteiger partial charge in [-0.05, 0) is 42.8 Å². The summed E-state index contributed by atoms with van der Waals surface area (Å²) in [7, 11) is 0. The predicted molar refractivity (Wildman–Crippen MR) is 97.1 cm³/mol. The van der Waals surface area contributed by atoms with Crippen molar-refractivity contribution < 1.29 is 4.74 Å². The van der Waals surface area contributed by atoms with Crippen molar-refractivity contribution in [1.29, 1.82) is 0 Å². The van der Waals surface area contributed by atoms with Crippen LogP contribution in [0.2, 0.25) is 10.0 Å². The minimum absolute atomic E-state index is 0.474. The van der Waals surface area contributed by atoms with Crippen LogP contribution in [0, 0.1) is 5.92 Å². The van der Waals surface area contributed by atoms with Gasteiger partial charge in [0.15, 0.2) is 0 Å². The van der Waals surface area contributed by atoms with Crippen LogP contribution in [0.4, 0.5) is 0 Å². The SMILES string of the molecule is Clc1cccc(OC[C@H]2C3CCC(C[C@@H]2c2cccs2)N3)c1Cl. The summed E-state index contributed by atoms with van der Waals surface area (Å²) in [4.78, 5) is 1.48. The van der Waals surface area contributed by atoms with Gasteiger partial charge in [0.1, 0.15) is 10.8 Å². The van der Waals surface area contributed by atoms with Crippen LogP contribution in [0.5, 0.6) is 5.75 Å². The summed E-state index contributed by atoms with van der Waals surface area (Å²) in [5.74, 6) is 1.73. The molecule has 2 aliphatic heterocycles. The summed E-state index contributed by atoms with van der Waals surface area (Å²) >= 11 is 14.2. The van der Waals surface area contributed by atoms with Gasteiger partial charge in [0.2, 0.25) is 0 Å². The summed E-state index contributed by atoms with van der Waals surface area (Å²) in [6.45, 7) is 0.674. The topological polar surface area (TPSA) is 21.3 Å². The van der Waals surface area contributed by atoms with E-state index in [-0.39, 0.29) is 0 Å². The number of halogens is 2. The van der Waals surface area contributed by atoms with E-state index < -0.39 is 0 Å². The summed E-state index contributed by atoms with van der Waals surface area (Å²) in [6, 6.07) is 11.2. The lowest BCUT2D eigenvalue weighted by atomic mass is 9.81. The van der Waals surface area contributed by atoms with Gasteiger partial charge in [0.25, 0.3) is 0 Å². The summed E-state index contributed by atoms with van der Waals surface area (Å²) in [6.07, 6.45) is 3.72. The summed E-state index contributed by atoms with van der Waals surface area (Å²) in [5, 5.41) is 6.98. The molecule has 0 amide bonds. The molecule has 0 aliphatic carbocycles. The van der Waals surface area contributed by atoms with Crippen LogP contribution in [0.1, 0.15) is 30.1 Å². The molecule has 2 unspecified atom stereocenters. The Morgan fingerprint density at radius 3 is 2.91 bits per heavy atom. The largest absolute Gasteiger partial charge is 0.492 e. The molecule has 1 N–H and O–H groups in total. The molecule has 5 heteroatoms. The van der Waals surface area contributed by atoms with E-state index in [1.807, 2.05) is 23.5 Å². The highest BCUT2D eigenvalue weighted by molar-refractivity contribution is 7.10. The van der Waals surface area contributed by atoms with Crippen molar-refractivity contribution in [2.45, 2.75) is 37.3 Å². The standard InChI is InChI=1S/C18H19Cl2NOS/c19-14-3-1-4-16(18(14)20)22-10-13-12(17-5-2-8-23-17)9-11-6-7-15(13)21-11/h1-5,8,11-13,15,21H,6-7,9-10H2/t11?,12-,13+,15?/m0/s1. The van der Waals surface area contributed by atoms with Crippen LogP contribution in [-0.4, -0.2) is 18.7 Å². The third kappa shape index (κ3) is 3.12. The Hall–Kier alpha value is -0.740. The van der Waals surface area contributed by atoms with Gasteiger partial charge >= 0.3 is 0 Å². The lowest BCUT2D eigenvalue weighted by Crippen LogP contribution is -2.46. The van der Waals surface area contributed by atoms with E-state index in [0.29, 0.717) is 46.3 Å². The summed E-state index contributed by atoms with van der Waals surface area (Å²) in [5.41, 5.74) is 0. The van der Waals surface area contributed by atoms with Gasteiger partial charge in [-0.2, -0.15) is 0 Å². The zero-order chi connectivity index (χ0) is 15.8. The monoisotopic (exact) mass is 367 g/mol.